The van der Waals surface area contributed by atoms with Crippen LogP contribution in [0.15, 0.2) is 6.20 Å². The van der Waals surface area contributed by atoms with Crippen LogP contribution < -0.4 is 5.32 Å². The third-order valence-electron chi connectivity index (χ3n) is 4.86. The molecule has 0 amide bonds. The van der Waals surface area contributed by atoms with Gasteiger partial charge in [0.15, 0.2) is 0 Å². The Morgan fingerprint density at radius 1 is 1.39 bits per heavy atom. The first-order valence-electron chi connectivity index (χ1n) is 7.18. The van der Waals surface area contributed by atoms with E-state index in [-0.39, 0.29) is 0 Å². The van der Waals surface area contributed by atoms with Crippen LogP contribution in [0.2, 0.25) is 0 Å². The minimum Gasteiger partial charge on any atom is -0.310 e. The van der Waals surface area contributed by atoms with Crippen LogP contribution in [0.1, 0.15) is 43.4 Å². The van der Waals surface area contributed by atoms with Gasteiger partial charge in [-0.1, -0.05) is 6.42 Å². The molecule has 2 aliphatic rings. The van der Waals surface area contributed by atoms with Gasteiger partial charge in [-0.3, -0.25) is 5.10 Å². The lowest BCUT2D eigenvalue weighted by Crippen LogP contribution is -2.54. The highest BCUT2D eigenvalue weighted by Crippen LogP contribution is 2.32. The average Bonchev–Trinajstić information content (AvgIpc) is 2.73. The second-order valence-electron chi connectivity index (χ2n) is 5.97. The summed E-state index contributed by atoms with van der Waals surface area (Å²) >= 11 is 0. The van der Waals surface area contributed by atoms with Gasteiger partial charge in [0.1, 0.15) is 0 Å². The van der Waals surface area contributed by atoms with Crippen LogP contribution in [-0.4, -0.2) is 40.3 Å². The van der Waals surface area contributed by atoms with Gasteiger partial charge in [-0.05, 0) is 39.7 Å². The van der Waals surface area contributed by atoms with Gasteiger partial charge in [0.05, 0.1) is 6.20 Å². The Labute approximate surface area is 109 Å². The first-order valence-corrected chi connectivity index (χ1v) is 7.18. The van der Waals surface area contributed by atoms with E-state index in [1.807, 2.05) is 6.20 Å². The Balaban J connectivity index is 1.57. The van der Waals surface area contributed by atoms with E-state index in [2.05, 4.69) is 34.4 Å². The Hall–Kier alpha value is -0.870. The maximum absolute atomic E-state index is 4.08. The number of aromatic nitrogens is 2. The number of H-pyrrole nitrogens is 1. The van der Waals surface area contributed by atoms with Crippen LogP contribution in [0.3, 0.4) is 0 Å². The largest absolute Gasteiger partial charge is 0.310 e. The summed E-state index contributed by atoms with van der Waals surface area (Å²) in [6, 6.07) is 2.30. The van der Waals surface area contributed by atoms with Gasteiger partial charge in [0.2, 0.25) is 0 Å². The van der Waals surface area contributed by atoms with Crippen molar-refractivity contribution >= 4 is 0 Å². The van der Waals surface area contributed by atoms with Crippen molar-refractivity contribution in [3.63, 3.8) is 0 Å². The van der Waals surface area contributed by atoms with Gasteiger partial charge in [-0.15, -0.1) is 0 Å². The number of aromatic amines is 1. The third-order valence-corrected chi connectivity index (χ3v) is 4.86. The summed E-state index contributed by atoms with van der Waals surface area (Å²) in [6.45, 7) is 3.05. The van der Waals surface area contributed by atoms with Crippen LogP contribution in [-0.2, 0) is 6.54 Å². The van der Waals surface area contributed by atoms with E-state index in [0.717, 1.165) is 18.6 Å². The number of hydrogen-bond acceptors (Lipinski definition) is 3. The van der Waals surface area contributed by atoms with Crippen LogP contribution in [0.5, 0.6) is 0 Å². The van der Waals surface area contributed by atoms with E-state index in [1.165, 1.54) is 43.4 Å². The molecular formula is C14H24N4. The van der Waals surface area contributed by atoms with E-state index >= 15 is 0 Å². The van der Waals surface area contributed by atoms with Crippen LogP contribution in [0.25, 0.3) is 0 Å². The number of nitrogens with one attached hydrogen (secondary N) is 2. The molecule has 0 spiro atoms. The van der Waals surface area contributed by atoms with Crippen LogP contribution in [0.4, 0.5) is 0 Å². The summed E-state index contributed by atoms with van der Waals surface area (Å²) in [4.78, 5) is 2.62. The lowest BCUT2D eigenvalue weighted by atomic mass is 9.82. The second-order valence-corrected chi connectivity index (χ2v) is 5.97. The monoisotopic (exact) mass is 248 g/mol. The van der Waals surface area contributed by atoms with E-state index in [1.54, 1.807) is 0 Å². The molecule has 2 unspecified atom stereocenters. The topological polar surface area (TPSA) is 44.0 Å². The van der Waals surface area contributed by atoms with Crippen LogP contribution in [0, 0.1) is 6.92 Å². The highest BCUT2D eigenvalue weighted by molar-refractivity contribution is 5.14. The number of fused-ring (bicyclic) bond motifs is 2. The molecule has 0 aliphatic carbocycles. The molecule has 3 rings (SSSR count). The standard InChI is InChI=1S/C14H24N4/c1-10-11(9-16-17-10)8-15-12-6-13-4-3-5-14(7-12)18(13)2/h9,12-15H,3-8H2,1-2H3,(H,16,17). The van der Waals surface area contributed by atoms with Crippen molar-refractivity contribution in [1.29, 1.82) is 0 Å². The molecule has 2 saturated heterocycles. The summed E-state index contributed by atoms with van der Waals surface area (Å²) < 4.78 is 0. The number of aryl methyl sites for hydroxylation is 1. The first kappa shape index (κ1) is 12.2. The van der Waals surface area contributed by atoms with Gasteiger partial charge in [-0.25, -0.2) is 0 Å². The molecule has 2 aliphatic heterocycles. The van der Waals surface area contributed by atoms with Crippen molar-refractivity contribution < 1.29 is 0 Å². The predicted molar refractivity (Wildman–Crippen MR) is 72.4 cm³/mol. The van der Waals surface area contributed by atoms with E-state index in [0.29, 0.717) is 6.04 Å². The van der Waals surface area contributed by atoms with Gasteiger partial charge in [-0.2, -0.15) is 5.10 Å². The number of piperidine rings is 2. The molecule has 3 heterocycles. The number of nitrogens with zero attached hydrogens (tertiary/aromatic N) is 2. The molecule has 0 saturated carbocycles. The summed E-state index contributed by atoms with van der Waals surface area (Å²) in [5.41, 5.74) is 2.50. The third kappa shape index (κ3) is 2.31. The zero-order valence-corrected chi connectivity index (χ0v) is 11.4. The first-order chi connectivity index (χ1) is 8.74. The summed E-state index contributed by atoms with van der Waals surface area (Å²) in [5, 5.41) is 10.8. The zero-order chi connectivity index (χ0) is 12.5. The fourth-order valence-corrected chi connectivity index (χ4v) is 3.59. The minimum absolute atomic E-state index is 0.686. The molecule has 18 heavy (non-hydrogen) atoms. The molecule has 0 radical (unpaired) electrons. The summed E-state index contributed by atoms with van der Waals surface area (Å²) in [6.07, 6.45) is 8.75. The van der Waals surface area contributed by atoms with Crippen molar-refractivity contribution in [3.8, 4) is 0 Å². The van der Waals surface area contributed by atoms with E-state index in [9.17, 15) is 0 Å². The zero-order valence-electron chi connectivity index (χ0n) is 11.4. The Morgan fingerprint density at radius 2 is 2.11 bits per heavy atom. The fraction of sp³-hybridized carbons (Fsp3) is 0.786. The lowest BCUT2D eigenvalue weighted by Gasteiger charge is -2.47. The maximum Gasteiger partial charge on any atom is 0.0535 e. The summed E-state index contributed by atoms with van der Waals surface area (Å²) in [5.74, 6) is 0. The normalized spacial score (nSPS) is 32.7. The Bertz CT molecular complexity index is 386. The molecule has 2 atom stereocenters. The molecule has 4 nitrogen and oxygen atoms in total. The highest BCUT2D eigenvalue weighted by Gasteiger charge is 2.35. The molecule has 2 fully saturated rings. The highest BCUT2D eigenvalue weighted by atomic mass is 15.2. The molecular weight excluding hydrogens is 224 g/mol. The van der Waals surface area contributed by atoms with Crippen molar-refractivity contribution in [1.82, 2.24) is 20.4 Å². The molecule has 4 heteroatoms. The molecule has 1 aromatic heterocycles. The molecule has 2 N–H and O–H groups in total. The molecule has 2 bridgehead atoms. The van der Waals surface area contributed by atoms with Crippen molar-refractivity contribution in [2.24, 2.45) is 0 Å². The molecule has 1 aromatic rings. The van der Waals surface area contributed by atoms with Crippen molar-refractivity contribution in [2.45, 2.75) is 63.7 Å². The fourth-order valence-electron chi connectivity index (χ4n) is 3.59. The van der Waals surface area contributed by atoms with Gasteiger partial charge < -0.3 is 10.2 Å². The summed E-state index contributed by atoms with van der Waals surface area (Å²) in [7, 11) is 2.31. The quantitative estimate of drug-likeness (QED) is 0.857. The predicted octanol–water partition coefficient (Wildman–Crippen LogP) is 1.82. The van der Waals surface area contributed by atoms with Crippen molar-refractivity contribution in [3.05, 3.63) is 17.5 Å². The lowest BCUT2D eigenvalue weighted by molar-refractivity contribution is 0.0482. The molecule has 0 aromatic carbocycles. The van der Waals surface area contributed by atoms with E-state index < -0.39 is 0 Å². The van der Waals surface area contributed by atoms with Gasteiger partial charge in [0.25, 0.3) is 0 Å². The maximum atomic E-state index is 4.08. The van der Waals surface area contributed by atoms with Crippen LogP contribution >= 0.6 is 0 Å². The SMILES string of the molecule is Cc1[nH]ncc1CNC1CC2CCCC(C1)N2C. The Kier molecular flexibility index (Phi) is 3.39. The van der Waals surface area contributed by atoms with E-state index in [4.69, 9.17) is 0 Å². The smallest absolute Gasteiger partial charge is 0.0535 e. The average molecular weight is 248 g/mol. The second kappa shape index (κ2) is 5.02. The van der Waals surface area contributed by atoms with Gasteiger partial charge in [0, 0.05) is 35.9 Å². The minimum atomic E-state index is 0.686. The number of rotatable bonds is 3. The number of hydrogen-bond donors (Lipinski definition) is 2. The van der Waals surface area contributed by atoms with Gasteiger partial charge >= 0.3 is 0 Å². The Morgan fingerprint density at radius 3 is 2.72 bits per heavy atom. The van der Waals surface area contributed by atoms with Crippen molar-refractivity contribution in [2.75, 3.05) is 7.05 Å². The molecule has 100 valence electrons.